The SMILES string of the molecule is N#CCc1ccc2c(c1Br)OCCO2. The van der Waals surface area contributed by atoms with Crippen molar-refractivity contribution < 1.29 is 9.47 Å². The zero-order valence-corrected chi connectivity index (χ0v) is 9.00. The number of rotatable bonds is 1. The van der Waals surface area contributed by atoms with Crippen molar-refractivity contribution >= 4 is 15.9 Å². The van der Waals surface area contributed by atoms with E-state index in [9.17, 15) is 0 Å². The Morgan fingerprint density at radius 3 is 2.93 bits per heavy atom. The average molecular weight is 254 g/mol. The fraction of sp³-hybridized carbons (Fsp3) is 0.300. The van der Waals surface area contributed by atoms with Crippen LogP contribution in [0.25, 0.3) is 0 Å². The number of ether oxygens (including phenoxy) is 2. The highest BCUT2D eigenvalue weighted by Gasteiger charge is 2.17. The Hall–Kier alpha value is -1.21. The van der Waals surface area contributed by atoms with Gasteiger partial charge in [-0.15, -0.1) is 0 Å². The van der Waals surface area contributed by atoms with Crippen molar-refractivity contribution in [3.8, 4) is 17.6 Å². The van der Waals surface area contributed by atoms with E-state index in [0.717, 1.165) is 15.8 Å². The Labute approximate surface area is 90.4 Å². The smallest absolute Gasteiger partial charge is 0.175 e. The minimum absolute atomic E-state index is 0.372. The Bertz CT molecular complexity index is 398. The Balaban J connectivity index is 2.44. The zero-order chi connectivity index (χ0) is 9.97. The van der Waals surface area contributed by atoms with Gasteiger partial charge in [0.05, 0.1) is 17.0 Å². The van der Waals surface area contributed by atoms with Gasteiger partial charge in [0.1, 0.15) is 13.2 Å². The fourth-order valence-electron chi connectivity index (χ4n) is 1.34. The van der Waals surface area contributed by atoms with Crippen LogP contribution in [0.15, 0.2) is 16.6 Å². The predicted molar refractivity (Wildman–Crippen MR) is 54.4 cm³/mol. The Morgan fingerprint density at radius 1 is 1.36 bits per heavy atom. The van der Waals surface area contributed by atoms with Gasteiger partial charge in [-0.1, -0.05) is 6.07 Å². The molecule has 0 radical (unpaired) electrons. The summed E-state index contributed by atoms with van der Waals surface area (Å²) in [6.07, 6.45) is 0.372. The second kappa shape index (κ2) is 3.89. The van der Waals surface area contributed by atoms with E-state index in [-0.39, 0.29) is 0 Å². The van der Waals surface area contributed by atoms with Crippen molar-refractivity contribution in [2.24, 2.45) is 0 Å². The van der Waals surface area contributed by atoms with Crippen LogP contribution in [-0.2, 0) is 6.42 Å². The molecule has 3 nitrogen and oxygen atoms in total. The normalized spacial score (nSPS) is 13.4. The van der Waals surface area contributed by atoms with Crippen LogP contribution in [0.3, 0.4) is 0 Å². The van der Waals surface area contributed by atoms with E-state index in [2.05, 4.69) is 22.0 Å². The van der Waals surface area contributed by atoms with Gasteiger partial charge in [0.25, 0.3) is 0 Å². The van der Waals surface area contributed by atoms with E-state index in [1.54, 1.807) is 0 Å². The summed E-state index contributed by atoms with van der Waals surface area (Å²) in [6.45, 7) is 1.14. The first-order valence-corrected chi connectivity index (χ1v) is 5.06. The monoisotopic (exact) mass is 253 g/mol. The second-order valence-corrected chi connectivity index (χ2v) is 3.69. The molecule has 1 aromatic rings. The lowest BCUT2D eigenvalue weighted by atomic mass is 10.1. The third-order valence-electron chi connectivity index (χ3n) is 2.00. The summed E-state index contributed by atoms with van der Waals surface area (Å²) in [6, 6.07) is 5.82. The zero-order valence-electron chi connectivity index (χ0n) is 7.42. The molecule has 0 atom stereocenters. The minimum atomic E-state index is 0.372. The number of benzene rings is 1. The van der Waals surface area contributed by atoms with Crippen LogP contribution in [0.1, 0.15) is 5.56 Å². The summed E-state index contributed by atoms with van der Waals surface area (Å²) in [4.78, 5) is 0. The highest BCUT2D eigenvalue weighted by atomic mass is 79.9. The molecule has 0 spiro atoms. The average Bonchev–Trinajstić information content (AvgIpc) is 2.23. The fourth-order valence-corrected chi connectivity index (χ4v) is 1.93. The number of nitriles is 1. The van der Waals surface area contributed by atoms with Gasteiger partial charge >= 0.3 is 0 Å². The van der Waals surface area contributed by atoms with Crippen LogP contribution in [0.2, 0.25) is 0 Å². The molecule has 1 aromatic carbocycles. The molecule has 0 fully saturated rings. The van der Waals surface area contributed by atoms with Crippen LogP contribution in [0, 0.1) is 11.3 Å². The number of fused-ring (bicyclic) bond motifs is 1. The summed E-state index contributed by atoms with van der Waals surface area (Å²) < 4.78 is 11.7. The molecule has 0 aromatic heterocycles. The van der Waals surface area contributed by atoms with E-state index in [1.165, 1.54) is 0 Å². The van der Waals surface area contributed by atoms with E-state index in [4.69, 9.17) is 14.7 Å². The van der Waals surface area contributed by atoms with Crippen LogP contribution in [0.4, 0.5) is 0 Å². The van der Waals surface area contributed by atoms with E-state index < -0.39 is 0 Å². The molecule has 0 aliphatic carbocycles. The van der Waals surface area contributed by atoms with Gasteiger partial charge < -0.3 is 9.47 Å². The van der Waals surface area contributed by atoms with Gasteiger partial charge in [-0.05, 0) is 27.6 Å². The molecule has 2 rings (SSSR count). The van der Waals surface area contributed by atoms with E-state index in [1.807, 2.05) is 12.1 Å². The molecule has 1 heterocycles. The second-order valence-electron chi connectivity index (χ2n) is 2.90. The molecular formula is C10H8BrNO2. The molecule has 14 heavy (non-hydrogen) atoms. The van der Waals surface area contributed by atoms with Crippen molar-refractivity contribution in [2.45, 2.75) is 6.42 Å². The van der Waals surface area contributed by atoms with Crippen molar-refractivity contribution in [3.63, 3.8) is 0 Å². The number of nitrogens with zero attached hydrogens (tertiary/aromatic N) is 1. The predicted octanol–water partition coefficient (Wildman–Crippen LogP) is 2.29. The minimum Gasteiger partial charge on any atom is -0.486 e. The summed E-state index contributed by atoms with van der Waals surface area (Å²) in [5.41, 5.74) is 0.928. The van der Waals surface area contributed by atoms with E-state index >= 15 is 0 Å². The number of hydrogen-bond donors (Lipinski definition) is 0. The Kier molecular flexibility index (Phi) is 2.60. The lowest BCUT2D eigenvalue weighted by Gasteiger charge is -2.20. The van der Waals surface area contributed by atoms with Crippen molar-refractivity contribution in [3.05, 3.63) is 22.2 Å². The number of halogens is 1. The maximum absolute atomic E-state index is 8.61. The first-order chi connectivity index (χ1) is 6.83. The highest BCUT2D eigenvalue weighted by molar-refractivity contribution is 9.10. The largest absolute Gasteiger partial charge is 0.486 e. The van der Waals surface area contributed by atoms with Gasteiger partial charge in [0.2, 0.25) is 0 Å². The summed E-state index contributed by atoms with van der Waals surface area (Å²) in [5.74, 6) is 1.45. The van der Waals surface area contributed by atoms with Crippen LogP contribution in [0.5, 0.6) is 11.5 Å². The topological polar surface area (TPSA) is 42.2 Å². The summed E-state index contributed by atoms with van der Waals surface area (Å²) in [7, 11) is 0. The third-order valence-corrected chi connectivity index (χ3v) is 2.87. The number of hydrogen-bond acceptors (Lipinski definition) is 3. The molecule has 0 unspecified atom stereocenters. The maximum Gasteiger partial charge on any atom is 0.175 e. The molecule has 72 valence electrons. The molecule has 0 saturated heterocycles. The first-order valence-electron chi connectivity index (χ1n) is 4.27. The van der Waals surface area contributed by atoms with Gasteiger partial charge in [0.15, 0.2) is 11.5 Å². The van der Waals surface area contributed by atoms with E-state index in [0.29, 0.717) is 25.4 Å². The van der Waals surface area contributed by atoms with Crippen LogP contribution < -0.4 is 9.47 Å². The lowest BCUT2D eigenvalue weighted by Crippen LogP contribution is -2.16. The van der Waals surface area contributed by atoms with Crippen molar-refractivity contribution in [2.75, 3.05) is 13.2 Å². The van der Waals surface area contributed by atoms with Gasteiger partial charge in [0, 0.05) is 0 Å². The van der Waals surface area contributed by atoms with Gasteiger partial charge in [-0.25, -0.2) is 0 Å². The molecule has 0 amide bonds. The van der Waals surface area contributed by atoms with Crippen LogP contribution >= 0.6 is 15.9 Å². The standard InChI is InChI=1S/C10H8BrNO2/c11-9-7(3-4-12)1-2-8-10(9)14-6-5-13-8/h1-2H,3,5-6H2. The van der Waals surface area contributed by atoms with Gasteiger partial charge in [-0.3, -0.25) is 0 Å². The molecule has 0 bridgehead atoms. The lowest BCUT2D eigenvalue weighted by molar-refractivity contribution is 0.170. The summed E-state index contributed by atoms with van der Waals surface area (Å²) in [5, 5.41) is 8.61. The third kappa shape index (κ3) is 1.55. The Morgan fingerprint density at radius 2 is 2.14 bits per heavy atom. The quantitative estimate of drug-likeness (QED) is 0.772. The van der Waals surface area contributed by atoms with Crippen molar-refractivity contribution in [1.29, 1.82) is 5.26 Å². The molecule has 1 aliphatic heterocycles. The molecular weight excluding hydrogens is 246 g/mol. The maximum atomic E-state index is 8.61. The highest BCUT2D eigenvalue weighted by Crippen LogP contribution is 2.39. The molecule has 4 heteroatoms. The molecule has 0 N–H and O–H groups in total. The first kappa shape index (κ1) is 9.35. The van der Waals surface area contributed by atoms with Gasteiger partial charge in [-0.2, -0.15) is 5.26 Å². The molecule has 1 aliphatic rings. The van der Waals surface area contributed by atoms with Crippen LogP contribution in [-0.4, -0.2) is 13.2 Å². The molecule has 0 saturated carbocycles. The summed E-state index contributed by atoms with van der Waals surface area (Å²) >= 11 is 3.41. The van der Waals surface area contributed by atoms with Crippen molar-refractivity contribution in [1.82, 2.24) is 0 Å².